The molecule has 0 radical (unpaired) electrons. The van der Waals surface area contributed by atoms with E-state index in [1.807, 2.05) is 0 Å². The summed E-state index contributed by atoms with van der Waals surface area (Å²) in [5, 5.41) is 3.28. The Kier molecular flexibility index (Phi) is 5.08. The van der Waals surface area contributed by atoms with Gasteiger partial charge in [0, 0.05) is 6.54 Å². The number of halogens is 1. The maximum absolute atomic E-state index is 12.9. The van der Waals surface area contributed by atoms with E-state index in [0.29, 0.717) is 0 Å². The summed E-state index contributed by atoms with van der Waals surface area (Å²) in [6.07, 6.45) is 2.19. The lowest BCUT2D eigenvalue weighted by atomic mass is 10.0. The molecule has 104 valence electrons. The molecule has 0 atom stereocenters. The number of nitrogens with one attached hydrogen (secondary N) is 1. The molecule has 0 saturated heterocycles. The second-order valence-electron chi connectivity index (χ2n) is 4.78. The number of rotatable bonds is 5. The molecule has 20 heavy (non-hydrogen) atoms. The Labute approximate surface area is 120 Å². The number of benzene rings is 2. The summed E-state index contributed by atoms with van der Waals surface area (Å²) in [5.41, 5.74) is 4.62. The molecule has 0 aliphatic rings. The molecule has 0 aromatic heterocycles. The Morgan fingerprint density at radius 1 is 1.00 bits per heavy atom. The zero-order valence-corrected chi connectivity index (χ0v) is 12.0. The van der Waals surface area contributed by atoms with Crippen molar-refractivity contribution in [3.05, 3.63) is 66.0 Å². The molecule has 0 heterocycles. The summed E-state index contributed by atoms with van der Waals surface area (Å²) in [7, 11) is 0. The first-order chi connectivity index (χ1) is 9.70. The van der Waals surface area contributed by atoms with Crippen LogP contribution in [0.2, 0.25) is 0 Å². The largest absolute Gasteiger partial charge is 0.314 e. The molecule has 0 bridgehead atoms. The van der Waals surface area contributed by atoms with Crippen molar-refractivity contribution in [2.45, 2.75) is 13.8 Å². The van der Waals surface area contributed by atoms with Crippen LogP contribution in [0.1, 0.15) is 19.4 Å². The lowest BCUT2D eigenvalue weighted by Gasteiger charge is -2.06. The highest BCUT2D eigenvalue weighted by molar-refractivity contribution is 5.69. The maximum Gasteiger partial charge on any atom is 0.123 e. The minimum absolute atomic E-state index is 0.201. The predicted molar refractivity (Wildman–Crippen MR) is 84.0 cm³/mol. The molecule has 2 aromatic carbocycles. The van der Waals surface area contributed by atoms with E-state index in [1.54, 1.807) is 12.1 Å². The van der Waals surface area contributed by atoms with Gasteiger partial charge in [0.05, 0.1) is 0 Å². The summed E-state index contributed by atoms with van der Waals surface area (Å²) in [6.45, 7) is 6.08. The molecule has 0 aliphatic heterocycles. The van der Waals surface area contributed by atoms with Crippen LogP contribution in [0.25, 0.3) is 16.7 Å². The van der Waals surface area contributed by atoms with E-state index < -0.39 is 0 Å². The molecule has 0 saturated carbocycles. The molecule has 0 aliphatic carbocycles. The Morgan fingerprint density at radius 2 is 1.55 bits per heavy atom. The highest BCUT2D eigenvalue weighted by Gasteiger charge is 2.00. The minimum atomic E-state index is -0.201. The van der Waals surface area contributed by atoms with Crippen LogP contribution in [0.15, 0.2) is 54.6 Å². The summed E-state index contributed by atoms with van der Waals surface area (Å²) in [5.74, 6) is -0.201. The number of likely N-dealkylation sites (N-methyl/N-ethyl adjacent to an activating group) is 1. The Morgan fingerprint density at radius 3 is 2.10 bits per heavy atom. The topological polar surface area (TPSA) is 12.0 Å². The van der Waals surface area contributed by atoms with Crippen LogP contribution in [-0.4, -0.2) is 13.1 Å². The third-order valence-electron chi connectivity index (χ3n) is 3.32. The molecular weight excluding hydrogens is 249 g/mol. The van der Waals surface area contributed by atoms with Gasteiger partial charge in [0.25, 0.3) is 0 Å². The van der Waals surface area contributed by atoms with E-state index in [1.165, 1.54) is 23.3 Å². The van der Waals surface area contributed by atoms with Gasteiger partial charge in [-0.2, -0.15) is 0 Å². The Hall–Kier alpha value is -1.93. The lowest BCUT2D eigenvalue weighted by Crippen LogP contribution is -2.11. The van der Waals surface area contributed by atoms with Gasteiger partial charge in [0.2, 0.25) is 0 Å². The average Bonchev–Trinajstić information content (AvgIpc) is 2.48. The fourth-order valence-corrected chi connectivity index (χ4v) is 2.06. The van der Waals surface area contributed by atoms with Crippen molar-refractivity contribution < 1.29 is 4.39 Å². The zero-order valence-electron chi connectivity index (χ0n) is 12.0. The Bertz CT molecular complexity index is 567. The van der Waals surface area contributed by atoms with Crippen molar-refractivity contribution in [2.75, 3.05) is 13.1 Å². The smallest absolute Gasteiger partial charge is 0.123 e. The van der Waals surface area contributed by atoms with Gasteiger partial charge in [-0.3, -0.25) is 0 Å². The van der Waals surface area contributed by atoms with Crippen LogP contribution in [0.4, 0.5) is 4.39 Å². The van der Waals surface area contributed by atoms with Crippen LogP contribution >= 0.6 is 0 Å². The van der Waals surface area contributed by atoms with Crippen LogP contribution < -0.4 is 5.32 Å². The molecule has 2 aromatic rings. The summed E-state index contributed by atoms with van der Waals surface area (Å²) >= 11 is 0. The van der Waals surface area contributed by atoms with Gasteiger partial charge < -0.3 is 5.32 Å². The summed E-state index contributed by atoms with van der Waals surface area (Å²) in [6, 6.07) is 15.0. The standard InChI is InChI=1S/C18H20FN/c1-3-20-13-12-14(2)15-4-6-16(7-5-15)17-8-10-18(19)11-9-17/h4-12,20H,3,13H2,1-2H3/b14-12-. The van der Waals surface area contributed by atoms with Gasteiger partial charge >= 0.3 is 0 Å². The van der Waals surface area contributed by atoms with Crippen molar-refractivity contribution in [1.82, 2.24) is 5.32 Å². The van der Waals surface area contributed by atoms with Gasteiger partial charge in [0.1, 0.15) is 5.82 Å². The van der Waals surface area contributed by atoms with E-state index in [0.717, 1.165) is 24.2 Å². The lowest BCUT2D eigenvalue weighted by molar-refractivity contribution is 0.628. The molecule has 0 amide bonds. The summed E-state index contributed by atoms with van der Waals surface area (Å²) < 4.78 is 12.9. The van der Waals surface area contributed by atoms with Gasteiger partial charge in [-0.15, -0.1) is 0 Å². The minimum Gasteiger partial charge on any atom is -0.314 e. The molecule has 2 rings (SSSR count). The molecule has 1 nitrogen and oxygen atoms in total. The molecule has 0 unspecified atom stereocenters. The monoisotopic (exact) mass is 269 g/mol. The van der Waals surface area contributed by atoms with Crippen LogP contribution in [0.5, 0.6) is 0 Å². The third kappa shape index (κ3) is 3.78. The van der Waals surface area contributed by atoms with Gasteiger partial charge in [-0.25, -0.2) is 4.39 Å². The van der Waals surface area contributed by atoms with Gasteiger partial charge in [0.15, 0.2) is 0 Å². The van der Waals surface area contributed by atoms with Crippen molar-refractivity contribution in [1.29, 1.82) is 0 Å². The molecule has 0 fully saturated rings. The fourth-order valence-electron chi connectivity index (χ4n) is 2.06. The number of hydrogen-bond donors (Lipinski definition) is 1. The number of allylic oxidation sites excluding steroid dienone is 1. The third-order valence-corrected chi connectivity index (χ3v) is 3.32. The second kappa shape index (κ2) is 7.01. The highest BCUT2D eigenvalue weighted by Crippen LogP contribution is 2.22. The van der Waals surface area contributed by atoms with Crippen LogP contribution in [-0.2, 0) is 0 Å². The van der Waals surface area contributed by atoms with Gasteiger partial charge in [-0.1, -0.05) is 49.4 Å². The molecule has 2 heteroatoms. The van der Waals surface area contributed by atoms with Crippen molar-refractivity contribution >= 4 is 5.57 Å². The van der Waals surface area contributed by atoms with Crippen LogP contribution in [0.3, 0.4) is 0 Å². The highest BCUT2D eigenvalue weighted by atomic mass is 19.1. The molecular formula is C18H20FN. The zero-order chi connectivity index (χ0) is 14.4. The van der Waals surface area contributed by atoms with Crippen molar-refractivity contribution in [3.63, 3.8) is 0 Å². The number of hydrogen-bond acceptors (Lipinski definition) is 1. The Balaban J connectivity index is 2.13. The van der Waals surface area contributed by atoms with E-state index >= 15 is 0 Å². The SMILES string of the molecule is CCNC/C=C(/C)c1ccc(-c2ccc(F)cc2)cc1. The predicted octanol–water partition coefficient (Wildman–Crippen LogP) is 4.51. The van der Waals surface area contributed by atoms with E-state index in [2.05, 4.69) is 49.5 Å². The first-order valence-corrected chi connectivity index (χ1v) is 6.94. The van der Waals surface area contributed by atoms with E-state index in [4.69, 9.17) is 0 Å². The maximum atomic E-state index is 12.9. The fraction of sp³-hybridized carbons (Fsp3) is 0.222. The second-order valence-corrected chi connectivity index (χ2v) is 4.78. The van der Waals surface area contributed by atoms with Crippen molar-refractivity contribution in [2.24, 2.45) is 0 Å². The molecule has 1 N–H and O–H groups in total. The molecule has 0 spiro atoms. The van der Waals surface area contributed by atoms with E-state index in [-0.39, 0.29) is 5.82 Å². The van der Waals surface area contributed by atoms with Crippen LogP contribution in [0, 0.1) is 5.82 Å². The van der Waals surface area contributed by atoms with Crippen molar-refractivity contribution in [3.8, 4) is 11.1 Å². The summed E-state index contributed by atoms with van der Waals surface area (Å²) in [4.78, 5) is 0. The van der Waals surface area contributed by atoms with E-state index in [9.17, 15) is 4.39 Å². The normalized spacial score (nSPS) is 11.7. The quantitative estimate of drug-likeness (QED) is 0.788. The first-order valence-electron chi connectivity index (χ1n) is 6.94. The van der Waals surface area contributed by atoms with Gasteiger partial charge in [-0.05, 0) is 47.9 Å². The first kappa shape index (κ1) is 14.5. The average molecular weight is 269 g/mol.